The normalized spacial score (nSPS) is 20.8. The van der Waals surface area contributed by atoms with Crippen molar-refractivity contribution >= 4 is 11.8 Å². The number of piperidine rings is 1. The van der Waals surface area contributed by atoms with Crippen LogP contribution in [-0.2, 0) is 11.2 Å². The lowest BCUT2D eigenvalue weighted by atomic mass is 9.75. The lowest BCUT2D eigenvalue weighted by Gasteiger charge is -2.40. The van der Waals surface area contributed by atoms with E-state index in [9.17, 15) is 18.7 Å². The largest absolute Gasteiger partial charge is 0.481 e. The van der Waals surface area contributed by atoms with Crippen LogP contribution in [-0.4, -0.2) is 34.1 Å². The molecule has 5 nitrogen and oxygen atoms in total. The first-order chi connectivity index (χ1) is 11.5. The van der Waals surface area contributed by atoms with Gasteiger partial charge in [-0.2, -0.15) is 0 Å². The average Bonchev–Trinajstić information content (AvgIpc) is 2.58. The molecule has 2 aromatic rings. The van der Waals surface area contributed by atoms with Crippen molar-refractivity contribution in [2.75, 3.05) is 18.0 Å². The number of nitrogens with zero attached hydrogens (tertiary/aromatic N) is 3. The molecule has 126 valence electrons. The first kappa shape index (κ1) is 16.3. The van der Waals surface area contributed by atoms with Gasteiger partial charge in [0.05, 0.1) is 11.6 Å². The fourth-order valence-corrected chi connectivity index (χ4v) is 3.21. The Morgan fingerprint density at radius 2 is 2.17 bits per heavy atom. The quantitative estimate of drug-likeness (QED) is 0.932. The molecule has 1 atom stereocenters. The molecule has 1 saturated heterocycles. The SMILES string of the molecule is O=C(O)C1(Cc2ccc(F)cc2F)CCCN(c2cnccn2)C1. The van der Waals surface area contributed by atoms with Crippen molar-refractivity contribution in [1.29, 1.82) is 0 Å². The number of hydrogen-bond donors (Lipinski definition) is 1. The van der Waals surface area contributed by atoms with E-state index in [2.05, 4.69) is 9.97 Å². The third-order valence-corrected chi connectivity index (χ3v) is 4.45. The van der Waals surface area contributed by atoms with Crippen molar-refractivity contribution in [2.24, 2.45) is 5.41 Å². The Morgan fingerprint density at radius 1 is 1.33 bits per heavy atom. The zero-order valence-corrected chi connectivity index (χ0v) is 13.0. The number of carboxylic acids is 1. The number of rotatable bonds is 4. The minimum atomic E-state index is -1.14. The molecule has 0 amide bonds. The summed E-state index contributed by atoms with van der Waals surface area (Å²) in [5.74, 6) is -1.78. The fraction of sp³-hybridized carbons (Fsp3) is 0.353. The van der Waals surface area contributed by atoms with E-state index in [-0.39, 0.29) is 18.5 Å². The summed E-state index contributed by atoms with van der Waals surface area (Å²) in [5.41, 5.74) is -0.936. The summed E-state index contributed by atoms with van der Waals surface area (Å²) in [4.78, 5) is 22.0. The Kier molecular flexibility index (Phi) is 4.42. The monoisotopic (exact) mass is 333 g/mol. The molecule has 3 rings (SSSR count). The summed E-state index contributed by atoms with van der Waals surface area (Å²) in [7, 11) is 0. The maximum absolute atomic E-state index is 14.0. The molecule has 1 aromatic carbocycles. The molecule has 0 saturated carbocycles. The van der Waals surface area contributed by atoms with Crippen molar-refractivity contribution in [2.45, 2.75) is 19.3 Å². The smallest absolute Gasteiger partial charge is 0.311 e. The standard InChI is InChI=1S/C17H17F2N3O2/c18-13-3-2-12(14(19)8-13)9-17(16(23)24)4-1-7-22(11-17)15-10-20-5-6-21-15/h2-3,5-6,8,10H,1,4,7,9,11H2,(H,23,24). The van der Waals surface area contributed by atoms with Crippen LogP contribution in [0.3, 0.4) is 0 Å². The molecule has 24 heavy (non-hydrogen) atoms. The van der Waals surface area contributed by atoms with Gasteiger partial charge in [-0.3, -0.25) is 9.78 Å². The fourth-order valence-electron chi connectivity index (χ4n) is 3.21. The highest BCUT2D eigenvalue weighted by atomic mass is 19.1. The highest BCUT2D eigenvalue weighted by Crippen LogP contribution is 2.36. The third-order valence-electron chi connectivity index (χ3n) is 4.45. The van der Waals surface area contributed by atoms with Crippen LogP contribution >= 0.6 is 0 Å². The summed E-state index contributed by atoms with van der Waals surface area (Å²) in [6, 6.07) is 3.25. The summed E-state index contributed by atoms with van der Waals surface area (Å²) in [6.45, 7) is 0.872. The molecular formula is C17H17F2N3O2. The van der Waals surface area contributed by atoms with Gasteiger partial charge in [0.25, 0.3) is 0 Å². The van der Waals surface area contributed by atoms with Gasteiger partial charge >= 0.3 is 5.97 Å². The number of aliphatic carboxylic acids is 1. The molecule has 1 fully saturated rings. The van der Waals surface area contributed by atoms with E-state index in [0.29, 0.717) is 25.2 Å². The predicted octanol–water partition coefficient (Wildman–Crippen LogP) is 2.67. The van der Waals surface area contributed by atoms with Crippen LogP contribution in [0.4, 0.5) is 14.6 Å². The molecule has 7 heteroatoms. The van der Waals surface area contributed by atoms with Gasteiger partial charge in [0.2, 0.25) is 0 Å². The molecule has 0 aliphatic carbocycles. The second-order valence-corrected chi connectivity index (χ2v) is 6.09. The molecule has 1 aliphatic rings. The Labute approximate surface area is 138 Å². The molecular weight excluding hydrogens is 316 g/mol. The number of carbonyl (C=O) groups is 1. The number of anilines is 1. The topological polar surface area (TPSA) is 66.3 Å². The van der Waals surface area contributed by atoms with Crippen molar-refractivity contribution in [1.82, 2.24) is 9.97 Å². The van der Waals surface area contributed by atoms with E-state index in [4.69, 9.17) is 0 Å². The predicted molar refractivity (Wildman–Crippen MR) is 83.6 cm³/mol. The molecule has 0 spiro atoms. The summed E-state index contributed by atoms with van der Waals surface area (Å²) < 4.78 is 27.1. The Balaban J connectivity index is 1.89. The van der Waals surface area contributed by atoms with E-state index < -0.39 is 23.0 Å². The van der Waals surface area contributed by atoms with Crippen LogP contribution in [0.2, 0.25) is 0 Å². The van der Waals surface area contributed by atoms with E-state index in [1.807, 2.05) is 4.90 Å². The lowest BCUT2D eigenvalue weighted by Crippen LogP contribution is -2.49. The number of benzene rings is 1. The molecule has 1 N–H and O–H groups in total. The maximum Gasteiger partial charge on any atom is 0.311 e. The highest BCUT2D eigenvalue weighted by molar-refractivity contribution is 5.76. The van der Waals surface area contributed by atoms with Crippen molar-refractivity contribution in [3.05, 3.63) is 54.0 Å². The van der Waals surface area contributed by atoms with Gasteiger partial charge in [0, 0.05) is 31.5 Å². The summed E-state index contributed by atoms with van der Waals surface area (Å²) >= 11 is 0. The minimum Gasteiger partial charge on any atom is -0.481 e. The van der Waals surface area contributed by atoms with Crippen molar-refractivity contribution in [3.8, 4) is 0 Å². The maximum atomic E-state index is 14.0. The van der Waals surface area contributed by atoms with Crippen molar-refractivity contribution < 1.29 is 18.7 Å². The van der Waals surface area contributed by atoms with Gasteiger partial charge in [-0.1, -0.05) is 6.07 Å². The van der Waals surface area contributed by atoms with E-state index in [1.165, 1.54) is 6.07 Å². The first-order valence-electron chi connectivity index (χ1n) is 7.68. The molecule has 0 bridgehead atoms. The first-order valence-corrected chi connectivity index (χ1v) is 7.68. The number of aromatic nitrogens is 2. The second kappa shape index (κ2) is 6.51. The summed E-state index contributed by atoms with van der Waals surface area (Å²) in [5, 5.41) is 9.80. The molecule has 1 unspecified atom stereocenters. The van der Waals surface area contributed by atoms with Crippen LogP contribution in [0.1, 0.15) is 18.4 Å². The Hall–Kier alpha value is -2.57. The van der Waals surface area contributed by atoms with Crippen LogP contribution in [0.25, 0.3) is 0 Å². The minimum absolute atomic E-state index is 0.00517. The zero-order chi connectivity index (χ0) is 17.2. The van der Waals surface area contributed by atoms with Gasteiger partial charge in [-0.05, 0) is 30.9 Å². The highest BCUT2D eigenvalue weighted by Gasteiger charge is 2.43. The number of halogens is 2. The van der Waals surface area contributed by atoms with Gasteiger partial charge < -0.3 is 10.0 Å². The van der Waals surface area contributed by atoms with Gasteiger partial charge in [0.1, 0.15) is 17.5 Å². The van der Waals surface area contributed by atoms with Crippen LogP contribution in [0, 0.1) is 17.0 Å². The lowest BCUT2D eigenvalue weighted by molar-refractivity contribution is -0.149. The summed E-state index contributed by atoms with van der Waals surface area (Å²) in [6.07, 6.45) is 5.75. The second-order valence-electron chi connectivity index (χ2n) is 6.09. The van der Waals surface area contributed by atoms with Crippen LogP contribution in [0.5, 0.6) is 0 Å². The number of hydrogen-bond acceptors (Lipinski definition) is 4. The van der Waals surface area contributed by atoms with Gasteiger partial charge in [-0.15, -0.1) is 0 Å². The van der Waals surface area contributed by atoms with Gasteiger partial charge in [0.15, 0.2) is 0 Å². The molecule has 2 heterocycles. The van der Waals surface area contributed by atoms with E-state index >= 15 is 0 Å². The van der Waals surface area contributed by atoms with E-state index in [1.54, 1.807) is 18.6 Å². The van der Waals surface area contributed by atoms with Crippen LogP contribution < -0.4 is 4.90 Å². The third kappa shape index (κ3) is 3.20. The van der Waals surface area contributed by atoms with Gasteiger partial charge in [-0.25, -0.2) is 13.8 Å². The molecule has 0 radical (unpaired) electrons. The Morgan fingerprint density at radius 3 is 2.83 bits per heavy atom. The molecule has 1 aliphatic heterocycles. The zero-order valence-electron chi connectivity index (χ0n) is 13.0. The van der Waals surface area contributed by atoms with Crippen LogP contribution in [0.15, 0.2) is 36.8 Å². The Bertz CT molecular complexity index is 742. The average molecular weight is 333 g/mol. The van der Waals surface area contributed by atoms with Crippen molar-refractivity contribution in [3.63, 3.8) is 0 Å². The van der Waals surface area contributed by atoms with E-state index in [0.717, 1.165) is 12.1 Å². The number of carboxylic acid groups (broad SMARTS) is 1. The molecule has 1 aromatic heterocycles.